The highest BCUT2D eigenvalue weighted by atomic mass is 32.1. The Kier molecular flexibility index (Phi) is 6.31. The Balaban J connectivity index is 1.43. The van der Waals surface area contributed by atoms with Crippen molar-refractivity contribution in [3.05, 3.63) is 21.4 Å². The third-order valence-electron chi connectivity index (χ3n) is 5.19. The smallest absolute Gasteiger partial charge is 0.264 e. The second kappa shape index (κ2) is 8.45. The standard InChI is InChI=1S/C19H30N2O2S/c1-3-17-15(2)13-18(24-17)19(22)21-10-7-16(14-21)23-12-11-20-8-5-4-6-9-20/h13,16H,3-12,14H2,1-2H3. The Bertz CT molecular complexity index is 552. The number of piperidine rings is 1. The van der Waals surface area contributed by atoms with Crippen LogP contribution in [0.3, 0.4) is 0 Å². The molecule has 1 unspecified atom stereocenters. The van der Waals surface area contributed by atoms with E-state index in [9.17, 15) is 4.79 Å². The highest BCUT2D eigenvalue weighted by Gasteiger charge is 2.28. The number of nitrogens with zero attached hydrogens (tertiary/aromatic N) is 2. The number of carbonyl (C=O) groups excluding carboxylic acids is 1. The molecular formula is C19H30N2O2S. The molecule has 0 radical (unpaired) electrons. The molecular weight excluding hydrogens is 320 g/mol. The van der Waals surface area contributed by atoms with Crippen LogP contribution in [0.1, 0.15) is 52.7 Å². The first-order chi connectivity index (χ1) is 11.7. The van der Waals surface area contributed by atoms with Crippen molar-refractivity contribution >= 4 is 17.2 Å². The van der Waals surface area contributed by atoms with E-state index in [4.69, 9.17) is 4.74 Å². The molecule has 2 fully saturated rings. The highest BCUT2D eigenvalue weighted by Crippen LogP contribution is 2.25. The lowest BCUT2D eigenvalue weighted by atomic mass is 10.1. The SMILES string of the molecule is CCc1sc(C(=O)N2CCC(OCCN3CCCCC3)C2)cc1C. The van der Waals surface area contributed by atoms with Gasteiger partial charge < -0.3 is 14.5 Å². The fraction of sp³-hybridized carbons (Fsp3) is 0.737. The summed E-state index contributed by atoms with van der Waals surface area (Å²) < 4.78 is 6.04. The predicted octanol–water partition coefficient (Wildman–Crippen LogP) is 3.34. The molecule has 0 spiro atoms. The lowest BCUT2D eigenvalue weighted by Crippen LogP contribution is -2.34. The third-order valence-corrected chi connectivity index (χ3v) is 6.56. The summed E-state index contributed by atoms with van der Waals surface area (Å²) in [5.74, 6) is 0.185. The molecule has 134 valence electrons. The summed E-state index contributed by atoms with van der Waals surface area (Å²) in [6.07, 6.45) is 6.21. The predicted molar refractivity (Wildman–Crippen MR) is 99.0 cm³/mol. The van der Waals surface area contributed by atoms with Gasteiger partial charge in [0.1, 0.15) is 0 Å². The van der Waals surface area contributed by atoms with Crippen LogP contribution in [-0.2, 0) is 11.2 Å². The molecule has 2 saturated heterocycles. The summed E-state index contributed by atoms with van der Waals surface area (Å²) in [7, 11) is 0. The molecule has 1 aromatic heterocycles. The monoisotopic (exact) mass is 350 g/mol. The van der Waals surface area contributed by atoms with Gasteiger partial charge in [0.05, 0.1) is 17.6 Å². The van der Waals surface area contributed by atoms with E-state index in [1.54, 1.807) is 11.3 Å². The van der Waals surface area contributed by atoms with Crippen LogP contribution in [0.4, 0.5) is 0 Å². The van der Waals surface area contributed by atoms with Gasteiger partial charge >= 0.3 is 0 Å². The Morgan fingerprint density at radius 1 is 1.29 bits per heavy atom. The fourth-order valence-corrected chi connectivity index (χ4v) is 4.79. The van der Waals surface area contributed by atoms with Crippen molar-refractivity contribution in [1.29, 1.82) is 0 Å². The molecule has 24 heavy (non-hydrogen) atoms. The number of ether oxygens (including phenoxy) is 1. The van der Waals surface area contributed by atoms with Gasteiger partial charge in [-0.2, -0.15) is 0 Å². The number of amides is 1. The van der Waals surface area contributed by atoms with Gasteiger partial charge in [-0.15, -0.1) is 11.3 Å². The Labute approximate surface area is 149 Å². The zero-order valence-corrected chi connectivity index (χ0v) is 15.9. The number of likely N-dealkylation sites (tertiary alicyclic amines) is 2. The van der Waals surface area contributed by atoms with E-state index in [1.807, 2.05) is 4.90 Å². The lowest BCUT2D eigenvalue weighted by molar-refractivity contribution is 0.0380. The molecule has 3 heterocycles. The Hall–Kier alpha value is -0.910. The minimum atomic E-state index is 0.185. The second-order valence-electron chi connectivity index (χ2n) is 7.01. The van der Waals surface area contributed by atoms with E-state index in [0.717, 1.165) is 44.0 Å². The van der Waals surface area contributed by atoms with E-state index < -0.39 is 0 Å². The van der Waals surface area contributed by atoms with Crippen LogP contribution in [0, 0.1) is 6.92 Å². The molecule has 3 rings (SSSR count). The van der Waals surface area contributed by atoms with Crippen LogP contribution in [0.15, 0.2) is 6.07 Å². The maximum Gasteiger partial charge on any atom is 0.264 e. The van der Waals surface area contributed by atoms with Crippen molar-refractivity contribution in [2.45, 2.75) is 52.1 Å². The maximum atomic E-state index is 12.7. The average Bonchev–Trinajstić information content (AvgIpc) is 3.22. The number of hydrogen-bond donors (Lipinski definition) is 0. The van der Waals surface area contributed by atoms with Crippen molar-refractivity contribution in [3.63, 3.8) is 0 Å². The number of thiophene rings is 1. The minimum Gasteiger partial charge on any atom is -0.375 e. The van der Waals surface area contributed by atoms with Gasteiger partial charge in [0.2, 0.25) is 0 Å². The normalized spacial score (nSPS) is 22.2. The van der Waals surface area contributed by atoms with Gasteiger partial charge in [0.15, 0.2) is 0 Å². The molecule has 1 amide bonds. The molecule has 0 aromatic carbocycles. The van der Waals surface area contributed by atoms with Crippen LogP contribution in [0.25, 0.3) is 0 Å². The molecule has 0 N–H and O–H groups in total. The van der Waals surface area contributed by atoms with Gasteiger partial charge in [-0.1, -0.05) is 13.3 Å². The summed E-state index contributed by atoms with van der Waals surface area (Å²) >= 11 is 1.65. The Morgan fingerprint density at radius 2 is 2.08 bits per heavy atom. The van der Waals surface area contributed by atoms with Gasteiger partial charge in [0.25, 0.3) is 5.91 Å². The first-order valence-electron chi connectivity index (χ1n) is 9.40. The molecule has 2 aliphatic rings. The summed E-state index contributed by atoms with van der Waals surface area (Å²) in [6.45, 7) is 10.1. The van der Waals surface area contributed by atoms with Crippen LogP contribution in [-0.4, -0.2) is 61.1 Å². The van der Waals surface area contributed by atoms with Crippen molar-refractivity contribution < 1.29 is 9.53 Å². The lowest BCUT2D eigenvalue weighted by Gasteiger charge is -2.26. The molecule has 0 aliphatic carbocycles. The molecule has 0 saturated carbocycles. The molecule has 2 aliphatic heterocycles. The van der Waals surface area contributed by atoms with Crippen molar-refractivity contribution in [2.24, 2.45) is 0 Å². The summed E-state index contributed by atoms with van der Waals surface area (Å²) in [4.78, 5) is 19.4. The van der Waals surface area contributed by atoms with E-state index in [0.29, 0.717) is 0 Å². The van der Waals surface area contributed by atoms with Gasteiger partial charge in [-0.25, -0.2) is 0 Å². The molecule has 1 aromatic rings. The van der Waals surface area contributed by atoms with Crippen LogP contribution in [0.5, 0.6) is 0 Å². The quantitative estimate of drug-likeness (QED) is 0.789. The van der Waals surface area contributed by atoms with Crippen molar-refractivity contribution in [3.8, 4) is 0 Å². The van der Waals surface area contributed by atoms with E-state index in [-0.39, 0.29) is 12.0 Å². The summed E-state index contributed by atoms with van der Waals surface area (Å²) in [6, 6.07) is 2.05. The molecule has 4 nitrogen and oxygen atoms in total. The van der Waals surface area contributed by atoms with Crippen molar-refractivity contribution in [1.82, 2.24) is 9.80 Å². The summed E-state index contributed by atoms with van der Waals surface area (Å²) in [5, 5.41) is 0. The zero-order valence-electron chi connectivity index (χ0n) is 15.1. The highest BCUT2D eigenvalue weighted by molar-refractivity contribution is 7.14. The first kappa shape index (κ1) is 17.9. The second-order valence-corrected chi connectivity index (χ2v) is 8.14. The number of carbonyl (C=O) groups is 1. The third kappa shape index (κ3) is 4.38. The van der Waals surface area contributed by atoms with Crippen LogP contribution < -0.4 is 0 Å². The molecule has 5 heteroatoms. The number of aryl methyl sites for hydroxylation is 2. The van der Waals surface area contributed by atoms with E-state index >= 15 is 0 Å². The van der Waals surface area contributed by atoms with Gasteiger partial charge in [-0.05, 0) is 57.3 Å². The van der Waals surface area contributed by atoms with Crippen LogP contribution in [0.2, 0.25) is 0 Å². The van der Waals surface area contributed by atoms with Crippen molar-refractivity contribution in [2.75, 3.05) is 39.3 Å². The van der Waals surface area contributed by atoms with Crippen LogP contribution >= 0.6 is 11.3 Å². The summed E-state index contributed by atoms with van der Waals surface area (Å²) in [5.41, 5.74) is 1.25. The van der Waals surface area contributed by atoms with Gasteiger partial charge in [0, 0.05) is 24.5 Å². The van der Waals surface area contributed by atoms with Gasteiger partial charge in [-0.3, -0.25) is 4.79 Å². The van der Waals surface area contributed by atoms with E-state index in [2.05, 4.69) is 24.8 Å². The topological polar surface area (TPSA) is 32.8 Å². The fourth-order valence-electron chi connectivity index (χ4n) is 3.71. The largest absolute Gasteiger partial charge is 0.375 e. The minimum absolute atomic E-state index is 0.185. The Morgan fingerprint density at radius 3 is 2.79 bits per heavy atom. The molecule has 1 atom stereocenters. The molecule has 0 bridgehead atoms. The van der Waals surface area contributed by atoms with E-state index in [1.165, 1.54) is 42.8 Å². The zero-order chi connectivity index (χ0) is 16.9. The number of hydrogen-bond acceptors (Lipinski definition) is 4. The maximum absolute atomic E-state index is 12.7. The average molecular weight is 351 g/mol. The first-order valence-corrected chi connectivity index (χ1v) is 10.2. The number of rotatable bonds is 6.